The van der Waals surface area contributed by atoms with Gasteiger partial charge >= 0.3 is 6.18 Å². The monoisotopic (exact) mass is 336 g/mol. The number of carbonyl (C=O) groups is 1. The molecule has 0 radical (unpaired) electrons. The van der Waals surface area contributed by atoms with Crippen molar-refractivity contribution in [2.24, 2.45) is 0 Å². The molecule has 2 N–H and O–H groups in total. The van der Waals surface area contributed by atoms with Crippen LogP contribution >= 0.6 is 0 Å². The fourth-order valence-electron chi connectivity index (χ4n) is 2.45. The first kappa shape index (κ1) is 16.0. The predicted octanol–water partition coefficient (Wildman–Crippen LogP) is 4.34. The molecule has 7 heteroatoms. The van der Waals surface area contributed by atoms with E-state index in [-0.39, 0.29) is 16.6 Å². The number of aromatic nitrogens is 1. The summed E-state index contributed by atoms with van der Waals surface area (Å²) in [5.41, 5.74) is 0.115. The van der Waals surface area contributed by atoms with Crippen LogP contribution < -0.4 is 5.32 Å². The number of alkyl halides is 3. The van der Waals surface area contributed by atoms with Crippen LogP contribution in [0.25, 0.3) is 10.9 Å². The van der Waals surface area contributed by atoms with E-state index >= 15 is 0 Å². The Bertz CT molecular complexity index is 871. The standard InChI is InChI=1S/C17H12F4N2O/c18-12-7-4-8-13-11(12)9-14(22-13)16(24)23-15(17(19,20)21)10-5-2-1-3-6-10/h1-9,15,22H,(H,23,24). The highest BCUT2D eigenvalue weighted by Crippen LogP contribution is 2.33. The first-order valence-electron chi connectivity index (χ1n) is 7.06. The minimum absolute atomic E-state index is 0.0827. The number of halogens is 4. The average molecular weight is 336 g/mol. The Balaban J connectivity index is 1.91. The second kappa shape index (κ2) is 5.99. The second-order valence-electron chi connectivity index (χ2n) is 5.24. The van der Waals surface area contributed by atoms with Crippen molar-refractivity contribution in [3.8, 4) is 0 Å². The zero-order valence-electron chi connectivity index (χ0n) is 12.2. The summed E-state index contributed by atoms with van der Waals surface area (Å²) in [6.45, 7) is 0. The van der Waals surface area contributed by atoms with E-state index in [9.17, 15) is 22.4 Å². The number of rotatable bonds is 3. The Morgan fingerprint density at radius 1 is 1.04 bits per heavy atom. The third-order valence-corrected chi connectivity index (χ3v) is 3.59. The van der Waals surface area contributed by atoms with Gasteiger partial charge in [-0.2, -0.15) is 13.2 Å². The molecule has 24 heavy (non-hydrogen) atoms. The van der Waals surface area contributed by atoms with Crippen molar-refractivity contribution in [1.29, 1.82) is 0 Å². The molecule has 0 bridgehead atoms. The number of benzene rings is 2. The lowest BCUT2D eigenvalue weighted by Crippen LogP contribution is -2.38. The van der Waals surface area contributed by atoms with Crippen LogP contribution in [0, 0.1) is 5.82 Å². The van der Waals surface area contributed by atoms with Gasteiger partial charge in [0.2, 0.25) is 0 Å². The first-order chi connectivity index (χ1) is 11.4. The van der Waals surface area contributed by atoms with E-state index in [1.54, 1.807) is 6.07 Å². The van der Waals surface area contributed by atoms with Gasteiger partial charge in [0.1, 0.15) is 11.5 Å². The summed E-state index contributed by atoms with van der Waals surface area (Å²) in [5.74, 6) is -1.52. The van der Waals surface area contributed by atoms with Gasteiger partial charge in [-0.15, -0.1) is 0 Å². The number of hydrogen-bond acceptors (Lipinski definition) is 1. The van der Waals surface area contributed by atoms with Crippen LogP contribution in [0.15, 0.2) is 54.6 Å². The van der Waals surface area contributed by atoms with E-state index in [2.05, 4.69) is 4.98 Å². The van der Waals surface area contributed by atoms with Crippen LogP contribution in [-0.2, 0) is 0 Å². The summed E-state index contributed by atoms with van der Waals surface area (Å²) >= 11 is 0. The third-order valence-electron chi connectivity index (χ3n) is 3.59. The van der Waals surface area contributed by atoms with E-state index in [4.69, 9.17) is 0 Å². The molecule has 3 aromatic rings. The largest absolute Gasteiger partial charge is 0.412 e. The number of H-pyrrole nitrogens is 1. The Morgan fingerprint density at radius 2 is 1.75 bits per heavy atom. The van der Waals surface area contributed by atoms with Crippen molar-refractivity contribution in [2.75, 3.05) is 0 Å². The molecule has 3 rings (SSSR count). The van der Waals surface area contributed by atoms with E-state index < -0.39 is 23.9 Å². The van der Waals surface area contributed by atoms with Gasteiger partial charge in [-0.3, -0.25) is 4.79 Å². The third kappa shape index (κ3) is 3.10. The molecule has 2 aromatic carbocycles. The summed E-state index contributed by atoms with van der Waals surface area (Å²) < 4.78 is 53.4. The number of fused-ring (bicyclic) bond motifs is 1. The Labute approximate surface area is 134 Å². The molecule has 3 nitrogen and oxygen atoms in total. The van der Waals surface area contributed by atoms with Gasteiger partial charge in [0.15, 0.2) is 6.04 Å². The molecular weight excluding hydrogens is 324 g/mol. The van der Waals surface area contributed by atoms with Crippen LogP contribution in [-0.4, -0.2) is 17.1 Å². The molecule has 0 spiro atoms. The highest BCUT2D eigenvalue weighted by molar-refractivity contribution is 5.98. The summed E-state index contributed by atoms with van der Waals surface area (Å²) in [7, 11) is 0. The molecule has 0 saturated carbocycles. The molecule has 0 aliphatic heterocycles. The van der Waals surface area contributed by atoms with Crippen molar-refractivity contribution in [3.63, 3.8) is 0 Å². The van der Waals surface area contributed by atoms with Crippen LogP contribution in [0.1, 0.15) is 22.1 Å². The molecule has 1 unspecified atom stereocenters. The summed E-state index contributed by atoms with van der Waals surface area (Å²) in [4.78, 5) is 14.8. The minimum atomic E-state index is -4.66. The molecule has 1 amide bonds. The van der Waals surface area contributed by atoms with Crippen molar-refractivity contribution in [2.45, 2.75) is 12.2 Å². The normalized spacial score (nSPS) is 13.0. The van der Waals surface area contributed by atoms with E-state index in [1.165, 1.54) is 48.5 Å². The van der Waals surface area contributed by atoms with Crippen LogP contribution in [0.5, 0.6) is 0 Å². The maximum absolute atomic E-state index is 13.6. The fraction of sp³-hybridized carbons (Fsp3) is 0.118. The maximum atomic E-state index is 13.6. The number of aromatic amines is 1. The Hall–Kier alpha value is -2.83. The molecule has 0 aliphatic carbocycles. The zero-order valence-corrected chi connectivity index (χ0v) is 12.2. The topological polar surface area (TPSA) is 44.9 Å². The van der Waals surface area contributed by atoms with Gasteiger partial charge in [0.05, 0.1) is 0 Å². The molecular formula is C17H12F4N2O. The zero-order chi connectivity index (χ0) is 17.3. The van der Waals surface area contributed by atoms with Crippen LogP contribution in [0.4, 0.5) is 17.6 Å². The second-order valence-corrected chi connectivity index (χ2v) is 5.24. The quantitative estimate of drug-likeness (QED) is 0.687. The highest BCUT2D eigenvalue weighted by atomic mass is 19.4. The van der Waals surface area contributed by atoms with Gasteiger partial charge in [-0.25, -0.2) is 4.39 Å². The molecule has 0 fully saturated rings. The molecule has 1 heterocycles. The van der Waals surface area contributed by atoms with E-state index in [0.29, 0.717) is 5.52 Å². The van der Waals surface area contributed by atoms with Crippen LogP contribution in [0.3, 0.4) is 0 Å². The highest BCUT2D eigenvalue weighted by Gasteiger charge is 2.42. The van der Waals surface area contributed by atoms with Crippen molar-refractivity contribution >= 4 is 16.8 Å². The lowest BCUT2D eigenvalue weighted by molar-refractivity contribution is -0.155. The van der Waals surface area contributed by atoms with Gasteiger partial charge in [0, 0.05) is 10.9 Å². The minimum Gasteiger partial charge on any atom is -0.350 e. The number of hydrogen-bond donors (Lipinski definition) is 2. The molecule has 0 aliphatic rings. The number of carbonyl (C=O) groups excluding carboxylic acids is 1. The number of nitrogens with one attached hydrogen (secondary N) is 2. The lowest BCUT2D eigenvalue weighted by Gasteiger charge is -2.21. The smallest absolute Gasteiger partial charge is 0.350 e. The van der Waals surface area contributed by atoms with Crippen molar-refractivity contribution in [1.82, 2.24) is 10.3 Å². The predicted molar refractivity (Wildman–Crippen MR) is 81.0 cm³/mol. The van der Waals surface area contributed by atoms with Crippen LogP contribution in [0.2, 0.25) is 0 Å². The van der Waals surface area contributed by atoms with Gasteiger partial charge < -0.3 is 10.3 Å². The van der Waals surface area contributed by atoms with E-state index in [0.717, 1.165) is 0 Å². The molecule has 1 aromatic heterocycles. The summed E-state index contributed by atoms with van der Waals surface area (Å²) in [6, 6.07) is 10.3. The average Bonchev–Trinajstić information content (AvgIpc) is 2.98. The number of amides is 1. The van der Waals surface area contributed by atoms with Crippen molar-refractivity contribution < 1.29 is 22.4 Å². The maximum Gasteiger partial charge on any atom is 0.412 e. The summed E-state index contributed by atoms with van der Waals surface area (Å²) in [5, 5.41) is 2.10. The van der Waals surface area contributed by atoms with Gasteiger partial charge in [-0.05, 0) is 23.8 Å². The summed E-state index contributed by atoms with van der Waals surface area (Å²) in [6.07, 6.45) is -4.66. The Morgan fingerprint density at radius 3 is 2.38 bits per heavy atom. The Kier molecular flexibility index (Phi) is 4.01. The van der Waals surface area contributed by atoms with Gasteiger partial charge in [0.25, 0.3) is 5.91 Å². The van der Waals surface area contributed by atoms with Gasteiger partial charge in [-0.1, -0.05) is 36.4 Å². The van der Waals surface area contributed by atoms with E-state index in [1.807, 2.05) is 5.32 Å². The fourth-order valence-corrected chi connectivity index (χ4v) is 2.45. The first-order valence-corrected chi connectivity index (χ1v) is 7.06. The molecule has 1 atom stereocenters. The lowest BCUT2D eigenvalue weighted by atomic mass is 10.1. The molecule has 124 valence electrons. The SMILES string of the molecule is O=C(NC(c1ccccc1)C(F)(F)F)c1cc2c(F)cccc2[nH]1. The van der Waals surface area contributed by atoms with Crippen molar-refractivity contribution in [3.05, 3.63) is 71.7 Å². The molecule has 0 saturated heterocycles.